The van der Waals surface area contributed by atoms with Crippen molar-refractivity contribution in [2.24, 2.45) is 11.8 Å². The van der Waals surface area contributed by atoms with Gasteiger partial charge in [0.15, 0.2) is 0 Å². The fourth-order valence-electron chi connectivity index (χ4n) is 2.75. The number of alkyl halides is 3. The van der Waals surface area contributed by atoms with Crippen LogP contribution in [0.3, 0.4) is 0 Å². The highest BCUT2D eigenvalue weighted by molar-refractivity contribution is 5.89. The molecular weight excluding hydrogens is 277 g/mol. The van der Waals surface area contributed by atoms with E-state index in [-0.39, 0.29) is 31.4 Å². The molecule has 0 aliphatic carbocycles. The van der Waals surface area contributed by atoms with Gasteiger partial charge in [-0.3, -0.25) is 9.59 Å². The number of aliphatic hydroxyl groups excluding tert-OH is 1. The van der Waals surface area contributed by atoms with Crippen molar-refractivity contribution in [1.29, 1.82) is 0 Å². The molecule has 2 atom stereocenters. The van der Waals surface area contributed by atoms with Crippen LogP contribution in [0.5, 0.6) is 0 Å². The van der Waals surface area contributed by atoms with Crippen LogP contribution >= 0.6 is 0 Å². The minimum atomic E-state index is -4.44. The molecule has 2 aliphatic heterocycles. The van der Waals surface area contributed by atoms with Crippen molar-refractivity contribution in [2.45, 2.75) is 19.0 Å². The van der Waals surface area contributed by atoms with Gasteiger partial charge >= 0.3 is 6.18 Å². The Labute approximate surface area is 114 Å². The molecule has 2 unspecified atom stereocenters. The number of carbonyl (C=O) groups is 2. The molecular formula is C12H17F3N2O3. The Bertz CT molecular complexity index is 400. The quantitative estimate of drug-likeness (QED) is 0.811. The minimum Gasteiger partial charge on any atom is -0.396 e. The lowest BCUT2D eigenvalue weighted by molar-refractivity contribution is -0.157. The molecule has 0 spiro atoms. The van der Waals surface area contributed by atoms with Crippen LogP contribution < -0.4 is 0 Å². The average Bonchev–Trinajstić information content (AvgIpc) is 2.94. The Morgan fingerprint density at radius 1 is 1.35 bits per heavy atom. The topological polar surface area (TPSA) is 60.9 Å². The van der Waals surface area contributed by atoms with Crippen LogP contribution in [0.1, 0.15) is 12.8 Å². The van der Waals surface area contributed by atoms with Crippen LogP contribution in [-0.2, 0) is 9.59 Å². The molecule has 2 heterocycles. The molecule has 2 fully saturated rings. The molecule has 5 nitrogen and oxygen atoms in total. The maximum atomic E-state index is 12.3. The summed E-state index contributed by atoms with van der Waals surface area (Å²) in [6.07, 6.45) is -3.91. The normalized spacial score (nSPS) is 27.5. The lowest BCUT2D eigenvalue weighted by atomic mass is 10.1. The molecule has 0 aromatic heterocycles. The first-order chi connectivity index (χ1) is 9.30. The number of halogens is 3. The van der Waals surface area contributed by atoms with E-state index in [1.165, 1.54) is 4.90 Å². The highest BCUT2D eigenvalue weighted by Crippen LogP contribution is 2.26. The summed E-state index contributed by atoms with van der Waals surface area (Å²) in [5.74, 6) is -1.57. The Kier molecular flexibility index (Phi) is 4.22. The number of hydrogen-bond donors (Lipinski definition) is 1. The van der Waals surface area contributed by atoms with Gasteiger partial charge in [0.25, 0.3) is 0 Å². The zero-order chi connectivity index (χ0) is 14.9. The molecule has 20 heavy (non-hydrogen) atoms. The molecule has 114 valence electrons. The lowest BCUT2D eigenvalue weighted by Gasteiger charge is -2.21. The van der Waals surface area contributed by atoms with Gasteiger partial charge in [0.05, 0.1) is 5.92 Å². The zero-order valence-electron chi connectivity index (χ0n) is 10.9. The highest BCUT2D eigenvalue weighted by atomic mass is 19.4. The fourth-order valence-corrected chi connectivity index (χ4v) is 2.75. The highest BCUT2D eigenvalue weighted by Gasteiger charge is 2.42. The van der Waals surface area contributed by atoms with E-state index in [2.05, 4.69) is 0 Å². The molecule has 0 aromatic rings. The first-order valence-corrected chi connectivity index (χ1v) is 6.54. The molecule has 0 saturated carbocycles. The van der Waals surface area contributed by atoms with Crippen molar-refractivity contribution in [1.82, 2.24) is 9.80 Å². The summed E-state index contributed by atoms with van der Waals surface area (Å²) in [5.41, 5.74) is 0. The maximum Gasteiger partial charge on any atom is 0.406 e. The number of likely N-dealkylation sites (tertiary alicyclic amines) is 2. The fraction of sp³-hybridized carbons (Fsp3) is 0.833. The molecule has 8 heteroatoms. The zero-order valence-corrected chi connectivity index (χ0v) is 10.9. The first-order valence-electron chi connectivity index (χ1n) is 6.54. The summed E-state index contributed by atoms with van der Waals surface area (Å²) in [6, 6.07) is 0. The van der Waals surface area contributed by atoms with E-state index in [0.29, 0.717) is 24.4 Å². The van der Waals surface area contributed by atoms with Crippen LogP contribution in [0.2, 0.25) is 0 Å². The van der Waals surface area contributed by atoms with Crippen molar-refractivity contribution in [3.8, 4) is 0 Å². The number of nitrogens with zero attached hydrogens (tertiary/aromatic N) is 2. The van der Waals surface area contributed by atoms with E-state index in [0.717, 1.165) is 0 Å². The number of aliphatic hydroxyl groups is 1. The average molecular weight is 294 g/mol. The third kappa shape index (κ3) is 3.41. The van der Waals surface area contributed by atoms with Gasteiger partial charge in [-0.2, -0.15) is 13.2 Å². The van der Waals surface area contributed by atoms with E-state index >= 15 is 0 Å². The standard InChI is InChI=1S/C12H17F3N2O3/c13-12(14,15)7-17-5-9(3-10(17)19)11(20)16-2-1-8(4-16)6-18/h8-9,18H,1-7H2. The van der Waals surface area contributed by atoms with Gasteiger partial charge in [0.2, 0.25) is 11.8 Å². The van der Waals surface area contributed by atoms with Gasteiger partial charge in [-0.25, -0.2) is 0 Å². The van der Waals surface area contributed by atoms with E-state index in [4.69, 9.17) is 5.11 Å². The van der Waals surface area contributed by atoms with Crippen molar-refractivity contribution in [3.63, 3.8) is 0 Å². The van der Waals surface area contributed by atoms with Gasteiger partial charge in [0.1, 0.15) is 6.54 Å². The molecule has 0 aromatic carbocycles. The Morgan fingerprint density at radius 3 is 2.60 bits per heavy atom. The number of rotatable bonds is 3. The summed E-state index contributed by atoms with van der Waals surface area (Å²) < 4.78 is 36.9. The Hall–Kier alpha value is -1.31. The predicted octanol–water partition coefficient (Wildman–Crippen LogP) is 0.238. The van der Waals surface area contributed by atoms with Gasteiger partial charge in [-0.15, -0.1) is 0 Å². The van der Waals surface area contributed by atoms with Gasteiger partial charge in [-0.1, -0.05) is 0 Å². The molecule has 2 saturated heterocycles. The van der Waals surface area contributed by atoms with Crippen LogP contribution in [0.15, 0.2) is 0 Å². The van der Waals surface area contributed by atoms with Gasteiger partial charge in [-0.05, 0) is 6.42 Å². The molecule has 2 amide bonds. The smallest absolute Gasteiger partial charge is 0.396 e. The van der Waals surface area contributed by atoms with Gasteiger partial charge in [0, 0.05) is 38.6 Å². The molecule has 0 radical (unpaired) electrons. The second kappa shape index (κ2) is 5.59. The van der Waals surface area contributed by atoms with Crippen molar-refractivity contribution < 1.29 is 27.9 Å². The second-order valence-corrected chi connectivity index (χ2v) is 5.41. The second-order valence-electron chi connectivity index (χ2n) is 5.41. The predicted molar refractivity (Wildman–Crippen MR) is 62.5 cm³/mol. The summed E-state index contributed by atoms with van der Waals surface area (Å²) in [5, 5.41) is 9.02. The van der Waals surface area contributed by atoms with E-state index < -0.39 is 24.5 Å². The van der Waals surface area contributed by atoms with Crippen LogP contribution in [0.4, 0.5) is 13.2 Å². The number of hydrogen-bond acceptors (Lipinski definition) is 3. The van der Waals surface area contributed by atoms with E-state index in [1.807, 2.05) is 0 Å². The molecule has 2 aliphatic rings. The summed E-state index contributed by atoms with van der Waals surface area (Å²) in [6.45, 7) is -0.562. The monoisotopic (exact) mass is 294 g/mol. The van der Waals surface area contributed by atoms with Crippen molar-refractivity contribution in [2.75, 3.05) is 32.8 Å². The summed E-state index contributed by atoms with van der Waals surface area (Å²) in [7, 11) is 0. The minimum absolute atomic E-state index is 0.00637. The largest absolute Gasteiger partial charge is 0.406 e. The van der Waals surface area contributed by atoms with Crippen molar-refractivity contribution in [3.05, 3.63) is 0 Å². The molecule has 0 bridgehead atoms. The van der Waals surface area contributed by atoms with E-state index in [1.54, 1.807) is 0 Å². The SMILES string of the molecule is O=C1CC(C(=O)N2CCC(CO)C2)CN1CC(F)(F)F. The third-order valence-electron chi connectivity index (χ3n) is 3.79. The third-order valence-corrected chi connectivity index (χ3v) is 3.79. The maximum absolute atomic E-state index is 12.3. The van der Waals surface area contributed by atoms with E-state index in [9.17, 15) is 22.8 Å². The first kappa shape index (κ1) is 15.1. The van der Waals surface area contributed by atoms with Crippen LogP contribution in [0.25, 0.3) is 0 Å². The molecule has 2 rings (SSSR count). The molecule has 1 N–H and O–H groups in total. The number of amides is 2. The van der Waals surface area contributed by atoms with Crippen LogP contribution in [-0.4, -0.2) is 65.7 Å². The number of carbonyl (C=O) groups excluding carboxylic acids is 2. The van der Waals surface area contributed by atoms with Gasteiger partial charge < -0.3 is 14.9 Å². The van der Waals surface area contributed by atoms with Crippen molar-refractivity contribution >= 4 is 11.8 Å². The van der Waals surface area contributed by atoms with Crippen LogP contribution in [0, 0.1) is 11.8 Å². The Morgan fingerprint density at radius 2 is 2.05 bits per heavy atom. The summed E-state index contributed by atoms with van der Waals surface area (Å²) in [4.78, 5) is 25.9. The lowest BCUT2D eigenvalue weighted by Crippen LogP contribution is -2.38. The Balaban J connectivity index is 1.91. The summed E-state index contributed by atoms with van der Waals surface area (Å²) >= 11 is 0.